The van der Waals surface area contributed by atoms with Gasteiger partial charge in [0.15, 0.2) is 0 Å². The van der Waals surface area contributed by atoms with Crippen LogP contribution in [0.2, 0.25) is 0 Å². The summed E-state index contributed by atoms with van der Waals surface area (Å²) in [5.74, 6) is -2.77. The Morgan fingerprint density at radius 2 is 1.67 bits per heavy atom. The molecule has 1 atom stereocenters. The highest BCUT2D eigenvalue weighted by atomic mass is 32.2. The molecule has 0 radical (unpaired) electrons. The molecule has 2 aliphatic rings. The number of unbranched alkanes of at least 4 members (excludes halogenated alkanes) is 1. The molecule has 4 heterocycles. The van der Waals surface area contributed by atoms with Gasteiger partial charge in [-0.1, -0.05) is 71.4 Å². The number of carbonyl (C=O) groups is 5. The number of rotatable bonds is 17. The number of hydrogen-bond acceptors (Lipinski definition) is 14. The first-order valence-electron chi connectivity index (χ1n) is 21.9. The van der Waals surface area contributed by atoms with Crippen molar-refractivity contribution in [3.63, 3.8) is 0 Å². The molecule has 1 unspecified atom stereocenters. The molecule has 0 saturated carbocycles. The second-order valence-corrected chi connectivity index (χ2v) is 16.7. The zero-order valence-corrected chi connectivity index (χ0v) is 39.7. The van der Waals surface area contributed by atoms with Gasteiger partial charge >= 0.3 is 12.1 Å². The number of aromatic nitrogens is 2. The summed E-state index contributed by atoms with van der Waals surface area (Å²) in [6.45, 7) is 13.1. The number of nitrogens with zero attached hydrogens (tertiary/aromatic N) is 3. The van der Waals surface area contributed by atoms with Crippen LogP contribution in [0, 0.1) is 0 Å². The predicted molar refractivity (Wildman–Crippen MR) is 249 cm³/mol. The first kappa shape index (κ1) is 54.1. The molecule has 3 amide bonds. The number of nitrogens with two attached hydrogens (primary N) is 2. The number of anilines is 1. The lowest BCUT2D eigenvalue weighted by atomic mass is 9.97. The van der Waals surface area contributed by atoms with Gasteiger partial charge in [-0.2, -0.15) is 4.31 Å². The van der Waals surface area contributed by atoms with Crippen LogP contribution in [0.1, 0.15) is 95.2 Å². The molecule has 0 bridgehead atoms. The normalized spacial score (nSPS) is 13.3. The maximum atomic E-state index is 14.0. The first-order valence-corrected chi connectivity index (χ1v) is 23.7. The van der Waals surface area contributed by atoms with Crippen LogP contribution in [-0.4, -0.2) is 97.3 Å². The summed E-state index contributed by atoms with van der Waals surface area (Å²) in [4.78, 5) is 79.3. The van der Waals surface area contributed by atoms with Crippen LogP contribution >= 0.6 is 0 Å². The van der Waals surface area contributed by atoms with Gasteiger partial charge in [0.25, 0.3) is 5.56 Å². The number of esters is 1. The molecule has 2 aliphatic heterocycles. The molecule has 66 heavy (non-hydrogen) atoms. The van der Waals surface area contributed by atoms with Crippen LogP contribution in [0.4, 0.5) is 10.5 Å². The number of para-hydroxylation sites is 1. The van der Waals surface area contributed by atoms with E-state index in [1.807, 2.05) is 52.0 Å². The molecule has 2 aromatic heterocycles. The van der Waals surface area contributed by atoms with Crippen molar-refractivity contribution in [2.45, 2.75) is 99.6 Å². The molecule has 2 aromatic carbocycles. The highest BCUT2D eigenvalue weighted by Crippen LogP contribution is 2.39. The lowest BCUT2D eigenvalue weighted by Gasteiger charge is -2.24. The lowest BCUT2D eigenvalue weighted by Crippen LogP contribution is -2.37. The van der Waals surface area contributed by atoms with Crippen LogP contribution in [-0.2, 0) is 74.3 Å². The Kier molecular flexibility index (Phi) is 21.4. The fourth-order valence-corrected chi connectivity index (χ4v) is 8.10. The summed E-state index contributed by atoms with van der Waals surface area (Å²) >= 11 is 0. The Morgan fingerprint density at radius 1 is 0.985 bits per heavy atom. The number of pyridine rings is 2. The second kappa shape index (κ2) is 26.1. The van der Waals surface area contributed by atoms with Crippen LogP contribution in [0.5, 0.6) is 0 Å². The molecular weight excluding hydrogens is 875 g/mol. The van der Waals surface area contributed by atoms with E-state index in [9.17, 15) is 37.2 Å². The number of primary amides is 1. The largest absolute Gasteiger partial charge is 0.509 e. The van der Waals surface area contributed by atoms with Crippen LogP contribution < -0.4 is 27.7 Å². The number of cyclic esters (lactones) is 1. The van der Waals surface area contributed by atoms with Crippen molar-refractivity contribution >= 4 is 56.5 Å². The summed E-state index contributed by atoms with van der Waals surface area (Å²) in [6, 6.07) is 15.0. The van der Waals surface area contributed by atoms with Gasteiger partial charge in [0.1, 0.15) is 26.4 Å². The predicted octanol–water partition coefficient (Wildman–Crippen LogP) is 4.44. The summed E-state index contributed by atoms with van der Waals surface area (Å²) in [5.41, 5.74) is 13.9. The number of amides is 3. The average Bonchev–Trinajstić information content (AvgIpc) is 3.66. The van der Waals surface area contributed by atoms with Crippen molar-refractivity contribution in [2.24, 2.45) is 11.5 Å². The molecule has 0 saturated heterocycles. The van der Waals surface area contributed by atoms with E-state index in [1.165, 1.54) is 40.1 Å². The minimum atomic E-state index is -3.50. The third-order valence-electron chi connectivity index (χ3n) is 9.83. The molecule has 0 fully saturated rings. The van der Waals surface area contributed by atoms with E-state index in [4.69, 9.17) is 35.4 Å². The van der Waals surface area contributed by atoms with Gasteiger partial charge in [0.2, 0.25) is 33.8 Å². The lowest BCUT2D eigenvalue weighted by molar-refractivity contribution is -0.159. The summed E-state index contributed by atoms with van der Waals surface area (Å²) in [6.07, 6.45) is 1.10. The summed E-state index contributed by atoms with van der Waals surface area (Å²) in [7, 11) is -3.50. The second-order valence-electron chi connectivity index (χ2n) is 14.8. The Labute approximate surface area is 385 Å². The van der Waals surface area contributed by atoms with E-state index in [0.717, 1.165) is 23.1 Å². The van der Waals surface area contributed by atoms with Crippen LogP contribution in [0.15, 0.2) is 59.4 Å². The Bertz CT molecular complexity index is 2490. The molecule has 6 rings (SSSR count). The standard InChI is InChI=1S/C38H40N6O12S.C4H11N.2C2H6/c1-21(2)44(57(3,51)52)13-12-24-25-6-4-5-7-29(25)42-34-27(24)16-43-30(34)14-26-28(36(43)48)18-54-37(49)35(26)56-38(50)55-17-22-8-10-23(11-9-22)41-32(46)15-40-33(47)20-53-19-31(39)45;1-2-3-4-5;2*1-2/h4-11,14,21,35H,12-13,15-20H2,1-3H3,(H2,39,45)(H,40,47)(H,41,46);2-5H2,1H3;2*1-2H3. The zero-order valence-electron chi connectivity index (χ0n) is 38.9. The van der Waals surface area contributed by atoms with E-state index in [0.29, 0.717) is 34.6 Å². The number of hydrogen-bond donors (Lipinski definition) is 4. The molecule has 0 aliphatic carbocycles. The summed E-state index contributed by atoms with van der Waals surface area (Å²) in [5, 5.41) is 5.75. The van der Waals surface area contributed by atoms with E-state index in [-0.39, 0.29) is 50.0 Å². The molecule has 19 nitrogen and oxygen atoms in total. The number of carbonyl (C=O) groups excluding carboxylic acids is 5. The topological polar surface area (TPSA) is 271 Å². The molecule has 6 N–H and O–H groups in total. The quantitative estimate of drug-likeness (QED) is 0.0939. The Balaban J connectivity index is 0.00000119. The van der Waals surface area contributed by atoms with E-state index in [2.05, 4.69) is 17.6 Å². The van der Waals surface area contributed by atoms with Crippen LogP contribution in [0.3, 0.4) is 0 Å². The molecule has 360 valence electrons. The smallest absolute Gasteiger partial charge is 0.458 e. The SMILES string of the molecule is CC.CC.CC(C)N(CCc1c2c(nc3ccccc13)-c1cc3c(c(=O)n1C2)COC(=O)C3OC(=O)OCc1ccc(NC(=O)CNC(=O)COCC(N)=O)cc1)S(C)(=O)=O.CCCCN. The maximum absolute atomic E-state index is 14.0. The number of sulfonamides is 1. The maximum Gasteiger partial charge on any atom is 0.509 e. The van der Waals surface area contributed by atoms with Crippen molar-refractivity contribution in [3.8, 4) is 11.4 Å². The van der Waals surface area contributed by atoms with Gasteiger partial charge in [0.05, 0.1) is 41.8 Å². The molecule has 20 heteroatoms. The minimum absolute atomic E-state index is 0.131. The van der Waals surface area contributed by atoms with Gasteiger partial charge < -0.3 is 45.6 Å². The van der Waals surface area contributed by atoms with Crippen molar-refractivity contribution < 1.29 is 51.3 Å². The van der Waals surface area contributed by atoms with Crippen molar-refractivity contribution in [3.05, 3.63) is 92.8 Å². The van der Waals surface area contributed by atoms with Gasteiger partial charge in [-0.25, -0.2) is 23.0 Å². The van der Waals surface area contributed by atoms with Gasteiger partial charge in [-0.05, 0) is 68.6 Å². The van der Waals surface area contributed by atoms with Gasteiger partial charge in [-0.15, -0.1) is 0 Å². The summed E-state index contributed by atoms with van der Waals surface area (Å²) < 4.78 is 48.8. The Hall–Kier alpha value is -6.22. The zero-order chi connectivity index (χ0) is 49.1. The monoisotopic (exact) mass is 937 g/mol. The number of fused-ring (bicyclic) bond motifs is 5. The average molecular weight is 938 g/mol. The number of ether oxygens (including phenoxy) is 4. The van der Waals surface area contributed by atoms with Crippen molar-refractivity contribution in [2.75, 3.05) is 44.4 Å². The van der Waals surface area contributed by atoms with Crippen molar-refractivity contribution in [1.82, 2.24) is 19.2 Å². The number of nitrogens with one attached hydrogen (secondary N) is 2. The highest BCUT2D eigenvalue weighted by molar-refractivity contribution is 7.88. The highest BCUT2D eigenvalue weighted by Gasteiger charge is 2.38. The molecule has 0 spiro atoms. The minimum Gasteiger partial charge on any atom is -0.458 e. The Morgan fingerprint density at radius 3 is 2.27 bits per heavy atom. The van der Waals surface area contributed by atoms with E-state index in [1.54, 1.807) is 32.0 Å². The van der Waals surface area contributed by atoms with Gasteiger partial charge in [0, 0.05) is 34.8 Å². The van der Waals surface area contributed by atoms with E-state index >= 15 is 0 Å². The fraction of sp³-hybridized carbons (Fsp3) is 0.457. The van der Waals surface area contributed by atoms with E-state index < -0.39 is 64.7 Å². The third kappa shape index (κ3) is 14.6. The third-order valence-corrected chi connectivity index (χ3v) is 11.3. The van der Waals surface area contributed by atoms with Crippen molar-refractivity contribution in [1.29, 1.82) is 0 Å². The van der Waals surface area contributed by atoms with Gasteiger partial charge in [-0.3, -0.25) is 19.2 Å². The molecule has 4 aromatic rings. The molecular formula is C46H63N7O12S. The first-order chi connectivity index (χ1) is 31.5. The fourth-order valence-electron chi connectivity index (χ4n) is 6.91. The number of benzene rings is 2. The van der Waals surface area contributed by atoms with Crippen LogP contribution in [0.25, 0.3) is 22.3 Å².